The van der Waals surface area contributed by atoms with Crippen LogP contribution in [0.5, 0.6) is 0 Å². The number of para-hydroxylation sites is 1. The van der Waals surface area contributed by atoms with Gasteiger partial charge in [-0.15, -0.1) is 0 Å². The van der Waals surface area contributed by atoms with E-state index in [0.29, 0.717) is 5.69 Å². The van der Waals surface area contributed by atoms with Crippen molar-refractivity contribution in [1.82, 2.24) is 5.48 Å². The number of hydroxylamine groups is 1. The van der Waals surface area contributed by atoms with E-state index >= 15 is 0 Å². The van der Waals surface area contributed by atoms with Crippen LogP contribution in [0.3, 0.4) is 0 Å². The third-order valence-electron chi connectivity index (χ3n) is 1.28. The van der Waals surface area contributed by atoms with Gasteiger partial charge in [-0.25, -0.2) is 9.59 Å². The Labute approximate surface area is 80.0 Å². The van der Waals surface area contributed by atoms with Gasteiger partial charge in [-0.3, -0.25) is 0 Å². The summed E-state index contributed by atoms with van der Waals surface area (Å²) in [6.07, 6.45) is -1.08. The Morgan fingerprint density at radius 3 is 2.43 bits per heavy atom. The van der Waals surface area contributed by atoms with E-state index in [1.54, 1.807) is 29.7 Å². The predicted molar refractivity (Wildman–Crippen MR) is 49.3 cm³/mol. The lowest BCUT2D eigenvalue weighted by Crippen LogP contribution is -2.33. The lowest BCUT2D eigenvalue weighted by Gasteiger charge is -2.05. The molecule has 0 unspecified atom stereocenters. The minimum atomic E-state index is -1.08. The number of amides is 3. The number of hydrogen-bond acceptors (Lipinski definition) is 3. The standard InChI is InChI=1S/C8H9N3O3/c9-7(12)14-11-8(13)10-6-4-2-1-3-5-6/h1-5H,(H2,9,12)(H2,10,11,13). The highest BCUT2D eigenvalue weighted by molar-refractivity contribution is 5.89. The van der Waals surface area contributed by atoms with Crippen molar-refractivity contribution in [2.45, 2.75) is 0 Å². The molecule has 6 heteroatoms. The highest BCUT2D eigenvalue weighted by Crippen LogP contribution is 2.03. The number of carbonyl (C=O) groups is 2. The Morgan fingerprint density at radius 1 is 1.21 bits per heavy atom. The quantitative estimate of drug-likeness (QED) is 0.579. The van der Waals surface area contributed by atoms with Crippen LogP contribution in [0.25, 0.3) is 0 Å². The number of carbonyl (C=O) groups excluding carboxylic acids is 2. The second kappa shape index (κ2) is 4.70. The smallest absolute Gasteiger partial charge is 0.333 e. The second-order valence-corrected chi connectivity index (χ2v) is 2.34. The molecule has 0 heterocycles. The third kappa shape index (κ3) is 3.44. The van der Waals surface area contributed by atoms with Crippen molar-refractivity contribution in [3.05, 3.63) is 30.3 Å². The van der Waals surface area contributed by atoms with Crippen LogP contribution >= 0.6 is 0 Å². The highest BCUT2D eigenvalue weighted by Gasteiger charge is 2.01. The van der Waals surface area contributed by atoms with Crippen LogP contribution in [0.4, 0.5) is 15.3 Å². The zero-order valence-electron chi connectivity index (χ0n) is 7.19. The number of nitrogens with one attached hydrogen (secondary N) is 2. The maximum atomic E-state index is 11.0. The van der Waals surface area contributed by atoms with Gasteiger partial charge in [-0.2, -0.15) is 5.48 Å². The molecule has 0 aliphatic carbocycles. The first-order chi connectivity index (χ1) is 6.68. The summed E-state index contributed by atoms with van der Waals surface area (Å²) in [5.41, 5.74) is 7.02. The molecule has 0 fully saturated rings. The van der Waals surface area contributed by atoms with Gasteiger partial charge in [0.2, 0.25) is 0 Å². The van der Waals surface area contributed by atoms with Gasteiger partial charge in [-0.05, 0) is 12.1 Å². The Balaban J connectivity index is 2.38. The van der Waals surface area contributed by atoms with Gasteiger partial charge in [0.1, 0.15) is 0 Å². The number of urea groups is 1. The molecule has 0 aromatic heterocycles. The zero-order valence-corrected chi connectivity index (χ0v) is 7.19. The van der Waals surface area contributed by atoms with Crippen LogP contribution in [0.15, 0.2) is 30.3 Å². The number of nitrogens with two attached hydrogens (primary N) is 1. The number of primary amides is 1. The van der Waals surface area contributed by atoms with E-state index in [1.165, 1.54) is 0 Å². The first-order valence-electron chi connectivity index (χ1n) is 3.77. The number of rotatable bonds is 1. The van der Waals surface area contributed by atoms with Crippen LogP contribution < -0.4 is 16.5 Å². The summed E-state index contributed by atoms with van der Waals surface area (Å²) in [7, 11) is 0. The topological polar surface area (TPSA) is 93.5 Å². The van der Waals surface area contributed by atoms with E-state index in [9.17, 15) is 9.59 Å². The molecule has 0 radical (unpaired) electrons. The van der Waals surface area contributed by atoms with Crippen molar-refractivity contribution in [3.8, 4) is 0 Å². The Bertz CT molecular complexity index is 326. The predicted octanol–water partition coefficient (Wildman–Crippen LogP) is 0.818. The monoisotopic (exact) mass is 195 g/mol. The molecule has 74 valence electrons. The molecule has 0 bridgehead atoms. The van der Waals surface area contributed by atoms with E-state index in [1.807, 2.05) is 6.07 Å². The Morgan fingerprint density at radius 2 is 1.86 bits per heavy atom. The van der Waals surface area contributed by atoms with E-state index in [-0.39, 0.29) is 0 Å². The molecular formula is C8H9N3O3. The maximum absolute atomic E-state index is 11.0. The summed E-state index contributed by atoms with van der Waals surface area (Å²) >= 11 is 0. The maximum Gasteiger partial charge on any atom is 0.428 e. The van der Waals surface area contributed by atoms with E-state index in [0.717, 1.165) is 0 Å². The molecule has 0 aliphatic rings. The third-order valence-corrected chi connectivity index (χ3v) is 1.28. The lowest BCUT2D eigenvalue weighted by molar-refractivity contribution is 0.113. The Hall–Kier alpha value is -2.24. The van der Waals surface area contributed by atoms with Gasteiger partial charge >= 0.3 is 12.1 Å². The van der Waals surface area contributed by atoms with E-state index < -0.39 is 12.1 Å². The fourth-order valence-electron chi connectivity index (χ4n) is 0.775. The van der Waals surface area contributed by atoms with Gasteiger partial charge in [-0.1, -0.05) is 18.2 Å². The normalized spacial score (nSPS) is 8.86. The molecule has 0 saturated carbocycles. The van der Waals surface area contributed by atoms with E-state index in [4.69, 9.17) is 0 Å². The van der Waals surface area contributed by atoms with Crippen LogP contribution in [0, 0.1) is 0 Å². The molecule has 0 saturated heterocycles. The van der Waals surface area contributed by atoms with E-state index in [2.05, 4.69) is 15.9 Å². The van der Waals surface area contributed by atoms with Crippen LogP contribution in [-0.4, -0.2) is 12.1 Å². The molecule has 4 N–H and O–H groups in total. The van der Waals surface area contributed by atoms with Gasteiger partial charge in [0.15, 0.2) is 0 Å². The molecular weight excluding hydrogens is 186 g/mol. The summed E-state index contributed by atoms with van der Waals surface area (Å²) in [4.78, 5) is 25.1. The van der Waals surface area contributed by atoms with Crippen molar-refractivity contribution in [3.63, 3.8) is 0 Å². The molecule has 0 atom stereocenters. The fourth-order valence-corrected chi connectivity index (χ4v) is 0.775. The summed E-state index contributed by atoms with van der Waals surface area (Å²) in [5, 5.41) is 2.41. The minimum absolute atomic E-state index is 0.582. The molecule has 1 aromatic carbocycles. The summed E-state index contributed by atoms with van der Waals surface area (Å²) in [6, 6.07) is 8.02. The SMILES string of the molecule is NC(=O)ONC(=O)Nc1ccccc1. The van der Waals surface area contributed by atoms with Crippen molar-refractivity contribution in [2.75, 3.05) is 5.32 Å². The largest absolute Gasteiger partial charge is 0.428 e. The second-order valence-electron chi connectivity index (χ2n) is 2.34. The van der Waals surface area contributed by atoms with Crippen molar-refractivity contribution in [2.24, 2.45) is 5.73 Å². The van der Waals surface area contributed by atoms with Gasteiger partial charge in [0, 0.05) is 5.69 Å². The number of benzene rings is 1. The Kier molecular flexibility index (Phi) is 3.31. The van der Waals surface area contributed by atoms with Crippen LogP contribution in [0.2, 0.25) is 0 Å². The molecule has 6 nitrogen and oxygen atoms in total. The fraction of sp³-hybridized carbons (Fsp3) is 0. The van der Waals surface area contributed by atoms with Crippen LogP contribution in [0.1, 0.15) is 0 Å². The molecule has 0 spiro atoms. The first-order valence-corrected chi connectivity index (χ1v) is 3.77. The molecule has 1 aromatic rings. The average Bonchev–Trinajstić information content (AvgIpc) is 2.16. The first kappa shape index (κ1) is 9.85. The summed E-state index contributed by atoms with van der Waals surface area (Å²) in [5.74, 6) is 0. The molecule has 14 heavy (non-hydrogen) atoms. The molecule has 1 rings (SSSR count). The van der Waals surface area contributed by atoms with Gasteiger partial charge < -0.3 is 15.9 Å². The van der Waals surface area contributed by atoms with Crippen LogP contribution in [-0.2, 0) is 4.84 Å². The van der Waals surface area contributed by atoms with Crippen molar-refractivity contribution in [1.29, 1.82) is 0 Å². The van der Waals surface area contributed by atoms with Crippen molar-refractivity contribution < 1.29 is 14.4 Å². The minimum Gasteiger partial charge on any atom is -0.333 e. The summed E-state index contributed by atoms with van der Waals surface area (Å²) in [6.45, 7) is 0. The molecule has 3 amide bonds. The van der Waals surface area contributed by atoms with Gasteiger partial charge in [0.05, 0.1) is 0 Å². The molecule has 0 aliphatic heterocycles. The van der Waals surface area contributed by atoms with Crippen molar-refractivity contribution >= 4 is 17.8 Å². The van der Waals surface area contributed by atoms with Gasteiger partial charge in [0.25, 0.3) is 0 Å². The average molecular weight is 195 g/mol. The lowest BCUT2D eigenvalue weighted by atomic mass is 10.3. The highest BCUT2D eigenvalue weighted by atomic mass is 16.7. The zero-order chi connectivity index (χ0) is 10.4. The number of anilines is 1. The number of hydrogen-bond donors (Lipinski definition) is 3. The summed E-state index contributed by atoms with van der Waals surface area (Å²) < 4.78 is 0.